The molecule has 1 fully saturated rings. The van der Waals surface area contributed by atoms with Gasteiger partial charge >= 0.3 is 0 Å². The number of likely N-dealkylation sites (tertiary alicyclic amines) is 1. The van der Waals surface area contributed by atoms with Gasteiger partial charge in [0.15, 0.2) is 0 Å². The molecular weight excluding hydrogens is 236 g/mol. The first-order chi connectivity index (χ1) is 8.86. The van der Waals surface area contributed by atoms with Crippen LogP contribution in [0.25, 0.3) is 0 Å². The second-order valence-corrected chi connectivity index (χ2v) is 6.50. The molecule has 1 amide bonds. The zero-order chi connectivity index (χ0) is 14.0. The maximum Gasteiger partial charge on any atom is 0.224 e. The van der Waals surface area contributed by atoms with Crippen LogP contribution in [0.1, 0.15) is 38.3 Å². The van der Waals surface area contributed by atoms with E-state index in [2.05, 4.69) is 45.0 Å². The van der Waals surface area contributed by atoms with Gasteiger partial charge in [-0.25, -0.2) is 0 Å². The Balaban J connectivity index is 1.92. The lowest BCUT2D eigenvalue weighted by molar-refractivity contribution is -0.127. The lowest BCUT2D eigenvalue weighted by atomic mass is 9.86. The first-order valence-corrected chi connectivity index (χ1v) is 6.99. The molecule has 0 spiro atoms. The number of hydrogen-bond donors (Lipinski definition) is 1. The Labute approximate surface area is 115 Å². The van der Waals surface area contributed by atoms with Crippen LogP contribution >= 0.6 is 0 Å². The average Bonchev–Trinajstić information content (AvgIpc) is 2.65. The molecule has 0 aromatic heterocycles. The van der Waals surface area contributed by atoms with Gasteiger partial charge in [0.25, 0.3) is 0 Å². The summed E-state index contributed by atoms with van der Waals surface area (Å²) in [5, 5.41) is 0. The van der Waals surface area contributed by atoms with Crippen molar-refractivity contribution in [1.29, 1.82) is 0 Å². The van der Waals surface area contributed by atoms with Gasteiger partial charge < -0.3 is 10.6 Å². The number of carbonyl (C=O) groups is 1. The molecule has 1 unspecified atom stereocenters. The van der Waals surface area contributed by atoms with Crippen LogP contribution in [0.5, 0.6) is 0 Å². The van der Waals surface area contributed by atoms with Crippen LogP contribution in [0, 0.1) is 0 Å². The van der Waals surface area contributed by atoms with Gasteiger partial charge in [0, 0.05) is 25.6 Å². The van der Waals surface area contributed by atoms with Crippen LogP contribution in [0.3, 0.4) is 0 Å². The van der Waals surface area contributed by atoms with Crippen molar-refractivity contribution in [2.24, 2.45) is 5.73 Å². The highest BCUT2D eigenvalue weighted by Crippen LogP contribution is 2.22. The van der Waals surface area contributed by atoms with E-state index >= 15 is 0 Å². The summed E-state index contributed by atoms with van der Waals surface area (Å²) in [6.07, 6.45) is 1.41. The summed E-state index contributed by atoms with van der Waals surface area (Å²) < 4.78 is 0. The quantitative estimate of drug-likeness (QED) is 0.904. The van der Waals surface area contributed by atoms with Crippen molar-refractivity contribution in [1.82, 2.24) is 4.90 Å². The molecule has 19 heavy (non-hydrogen) atoms. The topological polar surface area (TPSA) is 46.3 Å². The minimum atomic E-state index is 0.0239. The second-order valence-electron chi connectivity index (χ2n) is 6.50. The lowest BCUT2D eigenvalue weighted by Crippen LogP contribution is -2.30. The number of benzene rings is 1. The molecule has 1 aliphatic heterocycles. The first kappa shape index (κ1) is 14.1. The molecule has 1 atom stereocenters. The molecule has 1 aliphatic rings. The fourth-order valence-electron chi connectivity index (χ4n) is 2.45. The van der Waals surface area contributed by atoms with E-state index in [-0.39, 0.29) is 17.4 Å². The Hall–Kier alpha value is -1.35. The molecule has 1 heterocycles. The van der Waals surface area contributed by atoms with Crippen molar-refractivity contribution in [3.8, 4) is 0 Å². The van der Waals surface area contributed by atoms with Crippen LogP contribution in [0.15, 0.2) is 24.3 Å². The van der Waals surface area contributed by atoms with Crippen molar-refractivity contribution in [3.05, 3.63) is 35.4 Å². The van der Waals surface area contributed by atoms with E-state index in [9.17, 15) is 4.79 Å². The Morgan fingerprint density at radius 3 is 2.37 bits per heavy atom. The predicted molar refractivity (Wildman–Crippen MR) is 78.0 cm³/mol. The van der Waals surface area contributed by atoms with Crippen molar-refractivity contribution in [3.63, 3.8) is 0 Å². The highest BCUT2D eigenvalue weighted by molar-refractivity contribution is 5.79. The summed E-state index contributed by atoms with van der Waals surface area (Å²) in [4.78, 5) is 13.5. The van der Waals surface area contributed by atoms with Crippen LogP contribution < -0.4 is 5.73 Å². The van der Waals surface area contributed by atoms with E-state index in [0.717, 1.165) is 13.0 Å². The van der Waals surface area contributed by atoms with Gasteiger partial charge in [-0.3, -0.25) is 4.79 Å². The monoisotopic (exact) mass is 260 g/mol. The summed E-state index contributed by atoms with van der Waals surface area (Å²) in [5.41, 5.74) is 8.60. The zero-order valence-electron chi connectivity index (χ0n) is 12.1. The second kappa shape index (κ2) is 5.33. The van der Waals surface area contributed by atoms with Crippen molar-refractivity contribution in [2.45, 2.75) is 45.1 Å². The van der Waals surface area contributed by atoms with E-state index in [4.69, 9.17) is 5.73 Å². The Bertz CT molecular complexity index is 445. The van der Waals surface area contributed by atoms with Crippen LogP contribution in [0.4, 0.5) is 0 Å². The molecule has 0 bridgehead atoms. The van der Waals surface area contributed by atoms with E-state index in [0.29, 0.717) is 13.0 Å². The number of carbonyl (C=O) groups excluding carboxylic acids is 1. The fourth-order valence-corrected chi connectivity index (χ4v) is 2.45. The number of nitrogens with zero attached hydrogens (tertiary/aromatic N) is 1. The van der Waals surface area contributed by atoms with Crippen molar-refractivity contribution in [2.75, 3.05) is 13.1 Å². The summed E-state index contributed by atoms with van der Waals surface area (Å²) in [5.74, 6) is 0.193. The third-order valence-corrected chi connectivity index (χ3v) is 3.73. The van der Waals surface area contributed by atoms with E-state index in [1.807, 2.05) is 4.90 Å². The van der Waals surface area contributed by atoms with Gasteiger partial charge in [-0.05, 0) is 23.0 Å². The minimum absolute atomic E-state index is 0.0239. The number of rotatable bonds is 3. The molecule has 0 aliphatic carbocycles. The third kappa shape index (κ3) is 3.57. The highest BCUT2D eigenvalue weighted by Gasteiger charge is 2.26. The molecule has 1 saturated heterocycles. The minimum Gasteiger partial charge on any atom is -0.341 e. The summed E-state index contributed by atoms with van der Waals surface area (Å²) in [7, 11) is 0. The zero-order valence-corrected chi connectivity index (χ0v) is 12.1. The number of nitrogens with two attached hydrogens (primary N) is 1. The smallest absolute Gasteiger partial charge is 0.224 e. The summed E-state index contributed by atoms with van der Waals surface area (Å²) in [6.45, 7) is 8.13. The highest BCUT2D eigenvalue weighted by atomic mass is 16.2. The van der Waals surface area contributed by atoms with Crippen LogP contribution in [-0.4, -0.2) is 29.9 Å². The number of hydrogen-bond acceptors (Lipinski definition) is 2. The molecule has 2 rings (SSSR count). The summed E-state index contributed by atoms with van der Waals surface area (Å²) >= 11 is 0. The summed E-state index contributed by atoms with van der Waals surface area (Å²) in [6, 6.07) is 8.73. The largest absolute Gasteiger partial charge is 0.341 e. The lowest BCUT2D eigenvalue weighted by Gasteiger charge is -2.20. The maximum absolute atomic E-state index is 11.6. The number of amides is 1. The van der Waals surface area contributed by atoms with Crippen LogP contribution in [-0.2, 0) is 16.6 Å². The molecule has 104 valence electrons. The van der Waals surface area contributed by atoms with Gasteiger partial charge in [0.1, 0.15) is 0 Å². The fraction of sp³-hybridized carbons (Fsp3) is 0.562. The van der Waals surface area contributed by atoms with E-state index < -0.39 is 0 Å². The van der Waals surface area contributed by atoms with Crippen LogP contribution in [0.2, 0.25) is 0 Å². The Morgan fingerprint density at radius 2 is 1.89 bits per heavy atom. The molecule has 1 aromatic rings. The molecule has 0 saturated carbocycles. The maximum atomic E-state index is 11.6. The van der Waals surface area contributed by atoms with E-state index in [1.54, 1.807) is 0 Å². The van der Waals surface area contributed by atoms with Gasteiger partial charge in [-0.2, -0.15) is 0 Å². The standard InChI is InChI=1S/C16H24N2O/c1-16(2,3)13-6-4-12(5-7-13)8-9-18-11-14(17)10-15(18)19/h4-7,14H,8-11,17H2,1-3H3. The van der Waals surface area contributed by atoms with Gasteiger partial charge in [-0.15, -0.1) is 0 Å². The Kier molecular flexibility index (Phi) is 3.95. The molecular formula is C16H24N2O. The van der Waals surface area contributed by atoms with Crippen molar-refractivity contribution >= 4 is 5.91 Å². The van der Waals surface area contributed by atoms with Crippen molar-refractivity contribution < 1.29 is 4.79 Å². The van der Waals surface area contributed by atoms with Gasteiger partial charge in [-0.1, -0.05) is 45.0 Å². The Morgan fingerprint density at radius 1 is 1.26 bits per heavy atom. The molecule has 1 aromatic carbocycles. The molecule has 3 nitrogen and oxygen atoms in total. The third-order valence-electron chi connectivity index (χ3n) is 3.73. The first-order valence-electron chi connectivity index (χ1n) is 6.99. The molecule has 3 heteroatoms. The van der Waals surface area contributed by atoms with Gasteiger partial charge in [0.05, 0.1) is 0 Å². The predicted octanol–water partition coefficient (Wildman–Crippen LogP) is 2.09. The SMILES string of the molecule is CC(C)(C)c1ccc(CCN2CC(N)CC2=O)cc1. The van der Waals surface area contributed by atoms with Gasteiger partial charge in [0.2, 0.25) is 5.91 Å². The van der Waals surface area contributed by atoms with E-state index in [1.165, 1.54) is 11.1 Å². The normalized spacial score (nSPS) is 20.1. The average molecular weight is 260 g/mol. The molecule has 2 N–H and O–H groups in total. The molecule has 0 radical (unpaired) electrons.